The van der Waals surface area contributed by atoms with Gasteiger partial charge in [-0.3, -0.25) is 0 Å². The summed E-state index contributed by atoms with van der Waals surface area (Å²) in [4.78, 5) is 1.18. The molecule has 2 N–H and O–H groups in total. The zero-order chi connectivity index (χ0) is 14.8. The van der Waals surface area contributed by atoms with Crippen LogP contribution in [0.5, 0.6) is 0 Å². The molecule has 2 heterocycles. The number of aryl methyl sites for hydroxylation is 1. The molecule has 0 bridgehead atoms. The summed E-state index contributed by atoms with van der Waals surface area (Å²) in [6, 6.07) is 12.1. The molecular formula is C16H12N4S. The second-order valence-corrected chi connectivity index (χ2v) is 5.58. The van der Waals surface area contributed by atoms with Gasteiger partial charge in [0.1, 0.15) is 15.8 Å². The van der Waals surface area contributed by atoms with Crippen molar-refractivity contribution in [2.45, 2.75) is 6.92 Å². The van der Waals surface area contributed by atoms with E-state index in [-0.39, 0.29) is 0 Å². The lowest BCUT2D eigenvalue weighted by molar-refractivity contribution is 1.02. The minimum Gasteiger partial charge on any atom is -0.396 e. The number of nitrogens with zero attached hydrogens (tertiary/aromatic N) is 3. The lowest BCUT2D eigenvalue weighted by atomic mass is 10.1. The predicted molar refractivity (Wildman–Crippen MR) is 86.6 cm³/mol. The molecule has 4 nitrogen and oxygen atoms in total. The molecule has 0 radical (unpaired) electrons. The zero-order valence-electron chi connectivity index (χ0n) is 11.4. The second kappa shape index (κ2) is 5.35. The zero-order valence-corrected chi connectivity index (χ0v) is 12.2. The molecule has 3 rings (SSSR count). The van der Waals surface area contributed by atoms with Gasteiger partial charge in [0.2, 0.25) is 0 Å². The summed E-state index contributed by atoms with van der Waals surface area (Å²) in [5.74, 6) is 0. The molecule has 2 aromatic heterocycles. The number of hydrogen-bond acceptors (Lipinski definition) is 5. The molecule has 3 aromatic rings. The van der Waals surface area contributed by atoms with Gasteiger partial charge in [0.25, 0.3) is 0 Å². The fourth-order valence-corrected chi connectivity index (χ4v) is 3.00. The quantitative estimate of drug-likeness (QED) is 0.782. The number of hydrogen-bond donors (Lipinski definition) is 1. The van der Waals surface area contributed by atoms with Gasteiger partial charge in [0, 0.05) is 10.9 Å². The first-order chi connectivity index (χ1) is 10.2. The van der Waals surface area contributed by atoms with Crippen molar-refractivity contribution in [2.75, 3.05) is 5.73 Å². The van der Waals surface area contributed by atoms with E-state index in [1.165, 1.54) is 11.3 Å². The highest BCUT2D eigenvalue weighted by molar-refractivity contribution is 7.19. The molecule has 102 valence electrons. The molecule has 0 aliphatic carbocycles. The largest absolute Gasteiger partial charge is 0.396 e. The number of thiophene rings is 1. The molecule has 0 unspecified atom stereocenters. The maximum atomic E-state index is 9.10. The topological polar surface area (TPSA) is 75.6 Å². The third kappa shape index (κ3) is 2.37. The van der Waals surface area contributed by atoms with Crippen LogP contribution in [-0.2, 0) is 0 Å². The Balaban J connectivity index is 2.18. The van der Waals surface area contributed by atoms with E-state index in [9.17, 15) is 0 Å². The Morgan fingerprint density at radius 1 is 1.19 bits per heavy atom. The Kier molecular flexibility index (Phi) is 3.38. The van der Waals surface area contributed by atoms with Crippen molar-refractivity contribution in [3.05, 3.63) is 52.0 Å². The number of nitriles is 1. The summed E-state index contributed by atoms with van der Waals surface area (Å²) in [6.45, 7) is 1.89. The number of benzene rings is 1. The number of nitrogen functional groups attached to an aromatic ring is 1. The van der Waals surface area contributed by atoms with Crippen molar-refractivity contribution in [1.29, 1.82) is 5.26 Å². The van der Waals surface area contributed by atoms with Crippen LogP contribution >= 0.6 is 11.3 Å². The highest BCUT2D eigenvalue weighted by Crippen LogP contribution is 2.35. The number of aromatic nitrogens is 2. The number of nitrogens with two attached hydrogens (primary N) is 1. The molecule has 1 aromatic carbocycles. The molecule has 0 saturated carbocycles. The van der Waals surface area contributed by atoms with E-state index in [1.807, 2.05) is 49.4 Å². The number of rotatable bonds is 2. The van der Waals surface area contributed by atoms with Gasteiger partial charge in [-0.05, 0) is 12.5 Å². The van der Waals surface area contributed by atoms with Crippen molar-refractivity contribution in [1.82, 2.24) is 10.2 Å². The van der Waals surface area contributed by atoms with Crippen LogP contribution in [0.1, 0.15) is 21.7 Å². The smallest absolute Gasteiger partial charge is 0.150 e. The fourth-order valence-electron chi connectivity index (χ4n) is 2.15. The van der Waals surface area contributed by atoms with Crippen molar-refractivity contribution >= 4 is 39.4 Å². The van der Waals surface area contributed by atoms with Gasteiger partial charge in [0.05, 0.1) is 11.4 Å². The third-order valence-electron chi connectivity index (χ3n) is 3.22. The van der Waals surface area contributed by atoms with Crippen LogP contribution < -0.4 is 5.73 Å². The third-order valence-corrected chi connectivity index (χ3v) is 4.21. The Morgan fingerprint density at radius 2 is 1.95 bits per heavy atom. The van der Waals surface area contributed by atoms with Crippen LogP contribution in [0, 0.1) is 18.3 Å². The van der Waals surface area contributed by atoms with E-state index in [0.717, 1.165) is 22.2 Å². The lowest BCUT2D eigenvalue weighted by Gasteiger charge is -2.02. The standard InChI is InChI=1S/C16H12N4S/c1-10-12(8-7-11-5-3-2-4-6-11)14-15(18)13(9-17)21-16(14)20-19-10/h2-8H,18H2,1H3/b8-7+. The van der Waals surface area contributed by atoms with Gasteiger partial charge in [-0.15, -0.1) is 16.4 Å². The number of anilines is 1. The minimum absolute atomic E-state index is 0.485. The highest BCUT2D eigenvalue weighted by Gasteiger charge is 2.15. The second-order valence-electron chi connectivity index (χ2n) is 4.58. The Hall–Kier alpha value is -2.71. The molecule has 5 heteroatoms. The van der Waals surface area contributed by atoms with Crippen molar-refractivity contribution in [3.63, 3.8) is 0 Å². The summed E-state index contributed by atoms with van der Waals surface area (Å²) >= 11 is 1.27. The van der Waals surface area contributed by atoms with Crippen LogP contribution in [-0.4, -0.2) is 10.2 Å². The van der Waals surface area contributed by atoms with Crippen molar-refractivity contribution in [2.24, 2.45) is 0 Å². The molecular weight excluding hydrogens is 280 g/mol. The fraction of sp³-hybridized carbons (Fsp3) is 0.0625. The molecule has 0 saturated heterocycles. The van der Waals surface area contributed by atoms with E-state index in [1.54, 1.807) is 0 Å². The summed E-state index contributed by atoms with van der Waals surface area (Å²) in [7, 11) is 0. The van der Waals surface area contributed by atoms with Gasteiger partial charge < -0.3 is 5.73 Å². The Bertz CT molecular complexity index is 873. The SMILES string of the molecule is Cc1nnc2sc(C#N)c(N)c2c1/C=C/c1ccccc1. The van der Waals surface area contributed by atoms with Crippen molar-refractivity contribution in [3.8, 4) is 6.07 Å². The predicted octanol–water partition coefficient (Wildman–Crippen LogP) is 3.62. The van der Waals surface area contributed by atoms with Crippen LogP contribution in [0.2, 0.25) is 0 Å². The molecule has 0 spiro atoms. The first kappa shape index (κ1) is 13.3. The Labute approximate surface area is 126 Å². The van der Waals surface area contributed by atoms with E-state index in [2.05, 4.69) is 16.3 Å². The molecule has 0 atom stereocenters. The maximum absolute atomic E-state index is 9.10. The minimum atomic E-state index is 0.485. The molecule has 0 amide bonds. The summed E-state index contributed by atoms with van der Waals surface area (Å²) in [5.41, 5.74) is 9.37. The van der Waals surface area contributed by atoms with E-state index < -0.39 is 0 Å². The molecule has 0 aliphatic heterocycles. The van der Waals surface area contributed by atoms with Crippen molar-refractivity contribution < 1.29 is 0 Å². The summed E-state index contributed by atoms with van der Waals surface area (Å²) in [5, 5.41) is 18.2. The first-order valence-electron chi connectivity index (χ1n) is 6.39. The van der Waals surface area contributed by atoms with Gasteiger partial charge >= 0.3 is 0 Å². The average molecular weight is 292 g/mol. The highest BCUT2D eigenvalue weighted by atomic mass is 32.1. The number of fused-ring (bicyclic) bond motifs is 1. The van der Waals surface area contributed by atoms with Crippen LogP contribution in [0.4, 0.5) is 5.69 Å². The van der Waals surface area contributed by atoms with E-state index in [4.69, 9.17) is 11.0 Å². The lowest BCUT2D eigenvalue weighted by Crippen LogP contribution is -1.94. The summed E-state index contributed by atoms with van der Waals surface area (Å²) < 4.78 is 0. The monoisotopic (exact) mass is 292 g/mol. The average Bonchev–Trinajstić information content (AvgIpc) is 2.84. The van der Waals surface area contributed by atoms with E-state index in [0.29, 0.717) is 15.4 Å². The molecule has 0 aliphatic rings. The first-order valence-corrected chi connectivity index (χ1v) is 7.21. The van der Waals surface area contributed by atoms with E-state index >= 15 is 0 Å². The van der Waals surface area contributed by atoms with Gasteiger partial charge in [0.15, 0.2) is 0 Å². The van der Waals surface area contributed by atoms with Crippen LogP contribution in [0.15, 0.2) is 30.3 Å². The maximum Gasteiger partial charge on any atom is 0.150 e. The normalized spacial score (nSPS) is 11.0. The van der Waals surface area contributed by atoms with Gasteiger partial charge in [-0.25, -0.2) is 0 Å². The molecule has 21 heavy (non-hydrogen) atoms. The summed E-state index contributed by atoms with van der Waals surface area (Å²) in [6.07, 6.45) is 3.98. The molecule has 0 fully saturated rings. The van der Waals surface area contributed by atoms with Gasteiger partial charge in [-0.2, -0.15) is 10.4 Å². The van der Waals surface area contributed by atoms with Crippen LogP contribution in [0.3, 0.4) is 0 Å². The van der Waals surface area contributed by atoms with Gasteiger partial charge in [-0.1, -0.05) is 42.5 Å². The Morgan fingerprint density at radius 3 is 2.67 bits per heavy atom. The van der Waals surface area contributed by atoms with Crippen LogP contribution in [0.25, 0.3) is 22.4 Å².